The minimum absolute atomic E-state index is 0.00815. The van der Waals surface area contributed by atoms with Crippen LogP contribution in [0, 0.1) is 0 Å². The maximum absolute atomic E-state index is 12.6. The summed E-state index contributed by atoms with van der Waals surface area (Å²) in [5.74, 6) is -0.0218. The predicted octanol–water partition coefficient (Wildman–Crippen LogP) is 23.3. The van der Waals surface area contributed by atoms with Crippen molar-refractivity contribution in [2.75, 3.05) is 13.2 Å². The van der Waals surface area contributed by atoms with Crippen LogP contribution >= 0.6 is 0 Å². The molecular weight excluding hydrogens is 971 g/mol. The highest BCUT2D eigenvalue weighted by Crippen LogP contribution is 2.19. The topological polar surface area (TPSA) is 95.9 Å². The van der Waals surface area contributed by atoms with Crippen molar-refractivity contribution in [3.63, 3.8) is 0 Å². The maximum atomic E-state index is 12.6. The molecule has 0 saturated carbocycles. The second-order valence-corrected chi connectivity index (χ2v) is 24.9. The van der Waals surface area contributed by atoms with Crippen LogP contribution in [0.15, 0.2) is 24.3 Å². The van der Waals surface area contributed by atoms with Crippen LogP contribution in [0.4, 0.5) is 0 Å². The number of allylic oxidation sites excluding steroid dienone is 4. The van der Waals surface area contributed by atoms with E-state index in [1.807, 2.05) is 0 Å². The first-order valence-electron chi connectivity index (χ1n) is 36.1. The number of unbranched alkanes of at least 4 members (excludes halogenated alkanes) is 53. The van der Waals surface area contributed by atoms with Crippen LogP contribution in [0.3, 0.4) is 0 Å². The van der Waals surface area contributed by atoms with E-state index in [1.54, 1.807) is 0 Å². The number of hydrogen-bond acceptors (Lipinski definition) is 5. The molecule has 0 heterocycles. The summed E-state index contributed by atoms with van der Waals surface area (Å²) in [5, 5.41) is 23.4. The number of nitrogens with one attached hydrogen (secondary N) is 1. The average molecular weight is 1110 g/mol. The molecule has 0 fully saturated rings. The minimum Gasteiger partial charge on any atom is -0.466 e. The molecule has 79 heavy (non-hydrogen) atoms. The molecular formula is C73H141NO5. The van der Waals surface area contributed by atoms with Gasteiger partial charge in [0.15, 0.2) is 0 Å². The molecule has 6 heteroatoms. The lowest BCUT2D eigenvalue weighted by atomic mass is 10.0. The standard InChI is InChI=1S/C73H141NO5/c1-3-5-7-9-11-13-15-17-19-21-23-27-30-33-37-41-45-49-53-57-61-65-71(76)70(69-75)74-72(77)66-62-58-54-50-46-42-38-34-31-28-25-24-26-29-32-36-40-44-48-52-56-60-64-68-79-73(78)67-63-59-55-51-47-43-39-35-22-20-18-16-14-12-10-8-6-4-2/h14,16,20,22,70-71,75-76H,3-13,15,17-19,21,23-69H2,1-2H3,(H,74,77)/b16-14-,22-20-. The Balaban J connectivity index is 3.37. The Hall–Kier alpha value is -1.66. The Bertz CT molecular complexity index is 1230. The summed E-state index contributed by atoms with van der Waals surface area (Å²) in [4.78, 5) is 24.7. The van der Waals surface area contributed by atoms with Crippen LogP contribution in [0.2, 0.25) is 0 Å². The van der Waals surface area contributed by atoms with E-state index in [1.165, 1.54) is 321 Å². The van der Waals surface area contributed by atoms with E-state index in [2.05, 4.69) is 43.5 Å². The van der Waals surface area contributed by atoms with Gasteiger partial charge in [0.1, 0.15) is 0 Å². The van der Waals surface area contributed by atoms with E-state index in [4.69, 9.17) is 4.74 Å². The molecule has 0 aromatic rings. The van der Waals surface area contributed by atoms with Gasteiger partial charge < -0.3 is 20.3 Å². The number of ether oxygens (including phenoxy) is 1. The maximum Gasteiger partial charge on any atom is 0.305 e. The van der Waals surface area contributed by atoms with Gasteiger partial charge in [-0.1, -0.05) is 359 Å². The highest BCUT2D eigenvalue weighted by molar-refractivity contribution is 5.76. The van der Waals surface area contributed by atoms with Crippen LogP contribution < -0.4 is 5.32 Å². The molecule has 2 unspecified atom stereocenters. The molecule has 0 bridgehead atoms. The zero-order chi connectivity index (χ0) is 57.1. The Kier molecular flexibility index (Phi) is 67.4. The molecule has 0 saturated heterocycles. The van der Waals surface area contributed by atoms with Crippen molar-refractivity contribution in [2.24, 2.45) is 0 Å². The second kappa shape index (κ2) is 68.8. The van der Waals surface area contributed by atoms with Gasteiger partial charge in [-0.25, -0.2) is 0 Å². The molecule has 0 spiro atoms. The lowest BCUT2D eigenvalue weighted by molar-refractivity contribution is -0.143. The van der Waals surface area contributed by atoms with E-state index in [-0.39, 0.29) is 18.5 Å². The lowest BCUT2D eigenvalue weighted by Gasteiger charge is -2.22. The molecule has 6 nitrogen and oxygen atoms in total. The van der Waals surface area contributed by atoms with E-state index in [0.717, 1.165) is 51.4 Å². The van der Waals surface area contributed by atoms with Gasteiger partial charge >= 0.3 is 5.97 Å². The molecule has 0 aliphatic carbocycles. The first-order valence-corrected chi connectivity index (χ1v) is 36.1. The summed E-state index contributed by atoms with van der Waals surface area (Å²) >= 11 is 0. The zero-order valence-corrected chi connectivity index (χ0v) is 53.6. The van der Waals surface area contributed by atoms with E-state index in [0.29, 0.717) is 25.9 Å². The molecule has 0 rings (SSSR count). The molecule has 0 aliphatic rings. The highest BCUT2D eigenvalue weighted by atomic mass is 16.5. The second-order valence-electron chi connectivity index (χ2n) is 24.9. The summed E-state index contributed by atoms with van der Waals surface area (Å²) in [6.45, 7) is 4.97. The number of aliphatic hydroxyl groups is 2. The molecule has 0 aromatic heterocycles. The lowest BCUT2D eigenvalue weighted by Crippen LogP contribution is -2.45. The van der Waals surface area contributed by atoms with E-state index >= 15 is 0 Å². The van der Waals surface area contributed by atoms with Gasteiger partial charge in [-0.05, 0) is 57.8 Å². The van der Waals surface area contributed by atoms with Crippen molar-refractivity contribution >= 4 is 11.9 Å². The van der Waals surface area contributed by atoms with Crippen LogP contribution in [-0.2, 0) is 14.3 Å². The molecule has 468 valence electrons. The summed E-state index contributed by atoms with van der Waals surface area (Å²) in [6.07, 6.45) is 86.5. The van der Waals surface area contributed by atoms with Gasteiger partial charge in [0, 0.05) is 12.8 Å². The third-order valence-corrected chi connectivity index (χ3v) is 17.0. The van der Waals surface area contributed by atoms with Crippen molar-refractivity contribution in [3.05, 3.63) is 24.3 Å². The Morgan fingerprint density at radius 2 is 0.633 bits per heavy atom. The number of rotatable bonds is 68. The fourth-order valence-electron chi connectivity index (χ4n) is 11.5. The third-order valence-electron chi connectivity index (χ3n) is 17.0. The Morgan fingerprint density at radius 3 is 0.975 bits per heavy atom. The van der Waals surface area contributed by atoms with Crippen molar-refractivity contribution in [1.82, 2.24) is 5.32 Å². The van der Waals surface area contributed by atoms with Crippen molar-refractivity contribution in [2.45, 2.75) is 418 Å². The molecule has 0 radical (unpaired) electrons. The van der Waals surface area contributed by atoms with E-state index < -0.39 is 12.1 Å². The summed E-state index contributed by atoms with van der Waals surface area (Å²) in [7, 11) is 0. The first-order chi connectivity index (χ1) is 39.0. The molecule has 0 aliphatic heterocycles. The molecule has 0 aromatic carbocycles. The number of esters is 1. The minimum atomic E-state index is -0.665. The SMILES string of the molecule is CCCCCC/C=C\C/C=C\CCCCCCCCCC(=O)OCCCCCCCCCCCCCCCCCCCCCCCCCC(=O)NC(CO)C(O)CCCCCCCCCCCCCCCCCCCCCCC. The zero-order valence-electron chi connectivity index (χ0n) is 53.6. The van der Waals surface area contributed by atoms with Crippen LogP contribution in [-0.4, -0.2) is 47.4 Å². The quantitative estimate of drug-likeness (QED) is 0.0320. The number of carbonyl (C=O) groups excluding carboxylic acids is 2. The van der Waals surface area contributed by atoms with Crippen molar-refractivity contribution < 1.29 is 24.5 Å². The summed E-state index contributed by atoms with van der Waals surface area (Å²) < 4.78 is 5.50. The summed E-state index contributed by atoms with van der Waals surface area (Å²) in [6, 6.07) is -0.542. The van der Waals surface area contributed by atoms with Gasteiger partial charge in [0.05, 0.1) is 25.4 Å². The van der Waals surface area contributed by atoms with Crippen LogP contribution in [0.25, 0.3) is 0 Å². The summed E-state index contributed by atoms with van der Waals surface area (Å²) in [5.41, 5.74) is 0. The first kappa shape index (κ1) is 77.3. The van der Waals surface area contributed by atoms with E-state index in [9.17, 15) is 19.8 Å². The van der Waals surface area contributed by atoms with Gasteiger partial charge in [-0.2, -0.15) is 0 Å². The average Bonchev–Trinajstić information content (AvgIpc) is 3.45. The normalized spacial score (nSPS) is 12.6. The Labute approximate surface area is 494 Å². The molecule has 2 atom stereocenters. The van der Waals surface area contributed by atoms with Crippen molar-refractivity contribution in [3.8, 4) is 0 Å². The smallest absolute Gasteiger partial charge is 0.305 e. The third kappa shape index (κ3) is 65.4. The Morgan fingerprint density at radius 1 is 0.354 bits per heavy atom. The fraction of sp³-hybridized carbons (Fsp3) is 0.918. The van der Waals surface area contributed by atoms with Gasteiger partial charge in [-0.3, -0.25) is 9.59 Å². The fourth-order valence-corrected chi connectivity index (χ4v) is 11.5. The molecule has 1 amide bonds. The largest absolute Gasteiger partial charge is 0.466 e. The highest BCUT2D eigenvalue weighted by Gasteiger charge is 2.20. The van der Waals surface area contributed by atoms with Crippen LogP contribution in [0.5, 0.6) is 0 Å². The van der Waals surface area contributed by atoms with Gasteiger partial charge in [0.2, 0.25) is 5.91 Å². The van der Waals surface area contributed by atoms with Gasteiger partial charge in [0.25, 0.3) is 0 Å². The van der Waals surface area contributed by atoms with Crippen LogP contribution in [0.1, 0.15) is 406 Å². The number of aliphatic hydroxyl groups excluding tert-OH is 2. The van der Waals surface area contributed by atoms with Crippen molar-refractivity contribution in [1.29, 1.82) is 0 Å². The number of carbonyl (C=O) groups is 2. The van der Waals surface area contributed by atoms with Gasteiger partial charge in [-0.15, -0.1) is 0 Å². The molecule has 3 N–H and O–H groups in total. The monoisotopic (exact) mass is 1110 g/mol. The number of amides is 1. The predicted molar refractivity (Wildman–Crippen MR) is 347 cm³/mol. The number of hydrogen-bond donors (Lipinski definition) is 3.